The summed E-state index contributed by atoms with van der Waals surface area (Å²) < 4.78 is 1.58. The van der Waals surface area contributed by atoms with Crippen molar-refractivity contribution in [3.63, 3.8) is 0 Å². The van der Waals surface area contributed by atoms with Gasteiger partial charge in [0, 0.05) is 55.9 Å². The highest BCUT2D eigenvalue weighted by atomic mass is 35.5. The summed E-state index contributed by atoms with van der Waals surface area (Å²) in [6.45, 7) is 4.82. The van der Waals surface area contributed by atoms with E-state index in [0.29, 0.717) is 5.82 Å². The number of rotatable bonds is 4. The lowest BCUT2D eigenvalue weighted by atomic mass is 9.95. The number of piperidine rings is 1. The topological polar surface area (TPSA) is 83.3 Å². The number of halogens is 1. The molecule has 1 amide bonds. The first-order chi connectivity index (χ1) is 15.7. The molecule has 2 fully saturated rings. The Morgan fingerprint density at radius 3 is 2.16 bits per heavy atom. The Hall–Kier alpha value is -3.20. The minimum Gasteiger partial charge on any atom is -0.368 e. The van der Waals surface area contributed by atoms with Crippen LogP contribution in [-0.4, -0.2) is 75.0 Å². The fraction of sp³-hybridized carbons (Fsp3) is 0.409. The molecule has 0 atom stereocenters. The van der Waals surface area contributed by atoms with Crippen LogP contribution in [0.3, 0.4) is 0 Å². The van der Waals surface area contributed by atoms with Crippen LogP contribution in [0.1, 0.15) is 12.8 Å². The second-order valence-corrected chi connectivity index (χ2v) is 8.58. The summed E-state index contributed by atoms with van der Waals surface area (Å²) in [6.07, 6.45) is 4.73. The standard InChI is InChI=1S/C22H25ClN8O/c23-18-1-3-19(4-2-18)28-11-13-30(14-12-28)22(32)17-7-9-29(10-8-17)20-5-6-21(27-26-20)31-16-24-15-25-31/h1-6,15-17H,7-14H2. The Bertz CT molecular complexity index is 1020. The normalized spacial score (nSPS) is 17.6. The Balaban J connectivity index is 1.12. The number of anilines is 2. The number of carbonyl (C=O) groups excluding carboxylic acids is 1. The monoisotopic (exact) mass is 452 g/mol. The molecule has 2 aliphatic rings. The molecule has 0 saturated carbocycles. The highest BCUT2D eigenvalue weighted by molar-refractivity contribution is 6.30. The van der Waals surface area contributed by atoms with E-state index in [1.165, 1.54) is 6.33 Å². The Morgan fingerprint density at radius 1 is 0.844 bits per heavy atom. The first-order valence-electron chi connectivity index (χ1n) is 10.9. The molecule has 4 heterocycles. The van der Waals surface area contributed by atoms with Gasteiger partial charge in [0.2, 0.25) is 5.91 Å². The van der Waals surface area contributed by atoms with Gasteiger partial charge >= 0.3 is 0 Å². The van der Waals surface area contributed by atoms with Gasteiger partial charge in [-0.2, -0.15) is 5.10 Å². The molecule has 2 saturated heterocycles. The summed E-state index contributed by atoms with van der Waals surface area (Å²) in [5.41, 5.74) is 1.16. The minimum absolute atomic E-state index is 0.0794. The van der Waals surface area contributed by atoms with E-state index in [1.54, 1.807) is 11.0 Å². The maximum atomic E-state index is 13.1. The van der Waals surface area contributed by atoms with Crippen molar-refractivity contribution in [2.45, 2.75) is 12.8 Å². The summed E-state index contributed by atoms with van der Waals surface area (Å²) in [7, 11) is 0. The van der Waals surface area contributed by atoms with Crippen molar-refractivity contribution in [2.24, 2.45) is 5.92 Å². The lowest BCUT2D eigenvalue weighted by Crippen LogP contribution is -2.51. The Kier molecular flexibility index (Phi) is 5.89. The number of benzene rings is 1. The fourth-order valence-electron chi connectivity index (χ4n) is 4.39. The van der Waals surface area contributed by atoms with E-state index < -0.39 is 0 Å². The van der Waals surface area contributed by atoms with E-state index in [4.69, 9.17) is 11.6 Å². The molecule has 0 unspecified atom stereocenters. The average molecular weight is 453 g/mol. The second-order valence-electron chi connectivity index (χ2n) is 8.14. The van der Waals surface area contributed by atoms with Gasteiger partial charge < -0.3 is 14.7 Å². The minimum atomic E-state index is 0.0794. The van der Waals surface area contributed by atoms with E-state index in [9.17, 15) is 4.79 Å². The largest absolute Gasteiger partial charge is 0.368 e. The molecule has 0 aliphatic carbocycles. The second kappa shape index (κ2) is 9.12. The summed E-state index contributed by atoms with van der Waals surface area (Å²) in [5.74, 6) is 1.83. The van der Waals surface area contributed by atoms with Crippen molar-refractivity contribution >= 4 is 29.0 Å². The van der Waals surface area contributed by atoms with Crippen LogP contribution in [0.2, 0.25) is 5.02 Å². The molecule has 0 bridgehead atoms. The van der Waals surface area contributed by atoms with Gasteiger partial charge in [0.05, 0.1) is 0 Å². The zero-order valence-corrected chi connectivity index (χ0v) is 18.5. The average Bonchev–Trinajstić information content (AvgIpc) is 3.40. The molecule has 32 heavy (non-hydrogen) atoms. The third kappa shape index (κ3) is 4.38. The molecule has 9 nitrogen and oxygen atoms in total. The zero-order chi connectivity index (χ0) is 21.9. The maximum Gasteiger partial charge on any atom is 0.225 e. The summed E-state index contributed by atoms with van der Waals surface area (Å²) in [6, 6.07) is 11.7. The van der Waals surface area contributed by atoms with Crippen LogP contribution in [-0.2, 0) is 4.79 Å². The smallest absolute Gasteiger partial charge is 0.225 e. The van der Waals surface area contributed by atoms with E-state index in [-0.39, 0.29) is 11.8 Å². The van der Waals surface area contributed by atoms with Gasteiger partial charge in [-0.1, -0.05) is 11.6 Å². The van der Waals surface area contributed by atoms with Crippen LogP contribution in [0.5, 0.6) is 0 Å². The van der Waals surface area contributed by atoms with Crippen molar-refractivity contribution < 1.29 is 4.79 Å². The summed E-state index contributed by atoms with van der Waals surface area (Å²) in [5, 5.41) is 13.4. The third-order valence-corrected chi connectivity index (χ3v) is 6.49. The van der Waals surface area contributed by atoms with Crippen LogP contribution < -0.4 is 9.80 Å². The molecule has 2 aromatic heterocycles. The van der Waals surface area contributed by atoms with Crippen LogP contribution in [0.4, 0.5) is 11.5 Å². The van der Waals surface area contributed by atoms with Crippen molar-refractivity contribution in [3.05, 3.63) is 54.1 Å². The molecule has 10 heteroatoms. The molecule has 0 radical (unpaired) electrons. The van der Waals surface area contributed by atoms with Gasteiger partial charge in [0.1, 0.15) is 12.7 Å². The van der Waals surface area contributed by atoms with Gasteiger partial charge in [-0.05, 0) is 49.2 Å². The zero-order valence-electron chi connectivity index (χ0n) is 17.7. The van der Waals surface area contributed by atoms with Crippen molar-refractivity contribution in [3.8, 4) is 5.82 Å². The van der Waals surface area contributed by atoms with Gasteiger partial charge in [0.25, 0.3) is 0 Å². The predicted molar refractivity (Wildman–Crippen MR) is 122 cm³/mol. The Labute approximate surface area is 191 Å². The van der Waals surface area contributed by atoms with E-state index in [2.05, 4.69) is 30.1 Å². The highest BCUT2D eigenvalue weighted by Gasteiger charge is 2.31. The number of amides is 1. The molecule has 0 N–H and O–H groups in total. The number of aromatic nitrogens is 5. The number of hydrogen-bond donors (Lipinski definition) is 0. The molecule has 3 aromatic rings. The van der Waals surface area contributed by atoms with E-state index in [1.807, 2.05) is 41.3 Å². The molecule has 166 valence electrons. The molecule has 2 aliphatic heterocycles. The van der Waals surface area contributed by atoms with Crippen molar-refractivity contribution in [2.75, 3.05) is 49.1 Å². The van der Waals surface area contributed by atoms with Gasteiger partial charge in [0.15, 0.2) is 11.6 Å². The van der Waals surface area contributed by atoms with Crippen molar-refractivity contribution in [1.29, 1.82) is 0 Å². The van der Waals surface area contributed by atoms with Crippen LogP contribution >= 0.6 is 11.6 Å². The first kappa shape index (κ1) is 20.7. The van der Waals surface area contributed by atoms with Crippen LogP contribution in [0.15, 0.2) is 49.1 Å². The van der Waals surface area contributed by atoms with E-state index in [0.717, 1.165) is 68.6 Å². The number of nitrogens with zero attached hydrogens (tertiary/aromatic N) is 8. The third-order valence-electron chi connectivity index (χ3n) is 6.24. The quantitative estimate of drug-likeness (QED) is 0.600. The number of piperazine rings is 1. The molecular weight excluding hydrogens is 428 g/mol. The molecular formula is C22H25ClN8O. The highest BCUT2D eigenvalue weighted by Crippen LogP contribution is 2.25. The van der Waals surface area contributed by atoms with Gasteiger partial charge in [-0.25, -0.2) is 9.67 Å². The van der Waals surface area contributed by atoms with E-state index >= 15 is 0 Å². The Morgan fingerprint density at radius 2 is 1.53 bits per heavy atom. The molecule has 0 spiro atoms. The first-order valence-corrected chi connectivity index (χ1v) is 11.3. The number of carbonyl (C=O) groups is 1. The van der Waals surface area contributed by atoms with Crippen LogP contribution in [0, 0.1) is 5.92 Å². The van der Waals surface area contributed by atoms with Gasteiger partial charge in [-0.3, -0.25) is 4.79 Å². The molecule has 5 rings (SSSR count). The summed E-state index contributed by atoms with van der Waals surface area (Å²) >= 11 is 5.99. The van der Waals surface area contributed by atoms with Crippen LogP contribution in [0.25, 0.3) is 5.82 Å². The number of hydrogen-bond acceptors (Lipinski definition) is 7. The SMILES string of the molecule is O=C(C1CCN(c2ccc(-n3cncn3)nn2)CC1)N1CCN(c2ccc(Cl)cc2)CC1. The lowest BCUT2D eigenvalue weighted by Gasteiger charge is -2.39. The van der Waals surface area contributed by atoms with Gasteiger partial charge in [-0.15, -0.1) is 10.2 Å². The fourth-order valence-corrected chi connectivity index (χ4v) is 4.51. The summed E-state index contributed by atoms with van der Waals surface area (Å²) in [4.78, 5) is 23.5. The lowest BCUT2D eigenvalue weighted by molar-refractivity contribution is -0.136. The molecule has 1 aromatic carbocycles. The van der Waals surface area contributed by atoms with Crippen molar-refractivity contribution in [1.82, 2.24) is 29.9 Å². The maximum absolute atomic E-state index is 13.1. The predicted octanol–water partition coefficient (Wildman–Crippen LogP) is 2.28.